The van der Waals surface area contributed by atoms with Gasteiger partial charge >= 0.3 is 5.97 Å². The number of hydrogen-bond acceptors (Lipinski definition) is 5. The van der Waals surface area contributed by atoms with Gasteiger partial charge in [-0.25, -0.2) is 4.39 Å². The number of β-amino-alcohol motifs (C(OH)–C–C–N with tert-alkyl or cyclic N) is 1. The van der Waals surface area contributed by atoms with Gasteiger partial charge in [-0.1, -0.05) is 30.3 Å². The molecule has 1 aliphatic carbocycles. The van der Waals surface area contributed by atoms with Gasteiger partial charge in [0.05, 0.1) is 6.61 Å². The third kappa shape index (κ3) is 7.24. The molecule has 0 heterocycles. The summed E-state index contributed by atoms with van der Waals surface area (Å²) in [5.74, 6) is -2.32. The molecule has 2 N–H and O–H groups in total. The van der Waals surface area contributed by atoms with Crippen molar-refractivity contribution in [3.8, 4) is 5.75 Å². The zero-order valence-electron chi connectivity index (χ0n) is 20.2. The first-order chi connectivity index (χ1) is 16.2. The van der Waals surface area contributed by atoms with E-state index in [0.717, 1.165) is 25.3 Å². The minimum atomic E-state index is -1.12. The van der Waals surface area contributed by atoms with Crippen LogP contribution in [0.4, 0.5) is 8.78 Å². The molecule has 2 aromatic rings. The fraction of sp³-hybridized carbons (Fsp3) is 0.519. The van der Waals surface area contributed by atoms with Crippen molar-refractivity contribution < 1.29 is 28.2 Å². The third-order valence-electron chi connectivity index (χ3n) is 6.21. The molecular formula is C27H35F2NO4. The smallest absolute Gasteiger partial charge is 0.306 e. The molecule has 0 unspecified atom stereocenters. The van der Waals surface area contributed by atoms with Crippen LogP contribution in [0.1, 0.15) is 50.3 Å². The lowest BCUT2D eigenvalue weighted by atomic mass is 9.88. The molecule has 0 bridgehead atoms. The standard InChI is InChI=1S/C27H35F2NO4/c1-4-33-24(32)12-10-19-9-11-23(28)25(29)26(19)34-17-22(31)16-30-27(2,3)15-18-13-20-7-5-6-8-21(20)14-18/h5-9,11,18,22,30-31H,4,10,12-17H2,1-3H3/t22-/m1/s1. The maximum Gasteiger partial charge on any atom is 0.306 e. The van der Waals surface area contributed by atoms with Gasteiger partial charge in [0, 0.05) is 18.5 Å². The van der Waals surface area contributed by atoms with E-state index in [1.54, 1.807) is 6.92 Å². The highest BCUT2D eigenvalue weighted by Gasteiger charge is 2.28. The molecule has 0 aliphatic heterocycles. The predicted molar refractivity (Wildman–Crippen MR) is 127 cm³/mol. The lowest BCUT2D eigenvalue weighted by molar-refractivity contribution is -0.143. The minimum Gasteiger partial charge on any atom is -0.487 e. The van der Waals surface area contributed by atoms with E-state index in [2.05, 4.69) is 43.4 Å². The lowest BCUT2D eigenvalue weighted by Crippen LogP contribution is -2.46. The number of rotatable bonds is 12. The van der Waals surface area contributed by atoms with Crippen LogP contribution >= 0.6 is 0 Å². The van der Waals surface area contributed by atoms with E-state index in [1.807, 2.05) is 0 Å². The van der Waals surface area contributed by atoms with Crippen molar-refractivity contribution in [3.05, 3.63) is 64.7 Å². The highest BCUT2D eigenvalue weighted by Crippen LogP contribution is 2.32. The Morgan fingerprint density at radius 1 is 1.18 bits per heavy atom. The van der Waals surface area contributed by atoms with Crippen LogP contribution in [-0.4, -0.2) is 42.5 Å². The molecular weight excluding hydrogens is 440 g/mol. The Kier molecular flexibility index (Phi) is 9.03. The first-order valence-corrected chi connectivity index (χ1v) is 11.9. The Morgan fingerprint density at radius 3 is 2.50 bits per heavy atom. The van der Waals surface area contributed by atoms with Crippen LogP contribution in [0, 0.1) is 17.6 Å². The number of carbonyl (C=O) groups is 1. The summed E-state index contributed by atoms with van der Waals surface area (Å²) in [6.07, 6.45) is 2.32. The van der Waals surface area contributed by atoms with Crippen LogP contribution in [0.2, 0.25) is 0 Å². The van der Waals surface area contributed by atoms with Gasteiger partial charge in [-0.05, 0) is 75.1 Å². The average Bonchev–Trinajstić information content (AvgIpc) is 3.19. The van der Waals surface area contributed by atoms with E-state index in [1.165, 1.54) is 17.2 Å². The molecule has 7 heteroatoms. The molecule has 1 atom stereocenters. The highest BCUT2D eigenvalue weighted by atomic mass is 19.2. The van der Waals surface area contributed by atoms with Gasteiger partial charge in [0.25, 0.3) is 0 Å². The van der Waals surface area contributed by atoms with Crippen LogP contribution in [0.3, 0.4) is 0 Å². The Labute approximate surface area is 200 Å². The summed E-state index contributed by atoms with van der Waals surface area (Å²) < 4.78 is 38.5. The van der Waals surface area contributed by atoms with Gasteiger partial charge in [-0.3, -0.25) is 4.79 Å². The minimum absolute atomic E-state index is 0.0264. The van der Waals surface area contributed by atoms with E-state index < -0.39 is 23.7 Å². The summed E-state index contributed by atoms with van der Waals surface area (Å²) in [4.78, 5) is 11.6. The van der Waals surface area contributed by atoms with Crippen molar-refractivity contribution in [1.29, 1.82) is 0 Å². The molecule has 34 heavy (non-hydrogen) atoms. The summed E-state index contributed by atoms with van der Waals surface area (Å²) in [6.45, 7) is 6.20. The first kappa shape index (κ1) is 26.1. The zero-order valence-corrected chi connectivity index (χ0v) is 20.2. The summed E-state index contributed by atoms with van der Waals surface area (Å²) in [5, 5.41) is 13.8. The molecule has 0 fully saturated rings. The maximum atomic E-state index is 14.4. The van der Waals surface area contributed by atoms with Crippen LogP contribution in [0.5, 0.6) is 5.75 Å². The highest BCUT2D eigenvalue weighted by molar-refractivity contribution is 5.69. The second kappa shape index (κ2) is 11.8. The van der Waals surface area contributed by atoms with Crippen LogP contribution in [0.25, 0.3) is 0 Å². The fourth-order valence-electron chi connectivity index (χ4n) is 4.62. The number of fused-ring (bicyclic) bond motifs is 1. The van der Waals surface area contributed by atoms with Gasteiger partial charge in [0.15, 0.2) is 11.6 Å². The van der Waals surface area contributed by atoms with Crippen molar-refractivity contribution in [1.82, 2.24) is 5.32 Å². The number of aliphatic hydroxyl groups excluding tert-OH is 1. The van der Waals surface area contributed by atoms with Crippen LogP contribution in [0.15, 0.2) is 36.4 Å². The molecule has 0 saturated heterocycles. The number of hydrogen-bond donors (Lipinski definition) is 2. The normalized spacial score (nSPS) is 14.6. The fourth-order valence-corrected chi connectivity index (χ4v) is 4.62. The molecule has 0 radical (unpaired) electrons. The molecule has 1 aliphatic rings. The molecule has 3 rings (SSSR count). The number of ether oxygens (including phenoxy) is 2. The molecule has 0 spiro atoms. The predicted octanol–water partition coefficient (Wildman–Crippen LogP) is 4.37. The molecule has 2 aromatic carbocycles. The monoisotopic (exact) mass is 475 g/mol. The van der Waals surface area contributed by atoms with Gasteiger partial charge in [0.1, 0.15) is 12.7 Å². The Hall–Kier alpha value is -2.51. The number of aliphatic hydroxyl groups is 1. The van der Waals surface area contributed by atoms with E-state index in [-0.39, 0.29) is 43.9 Å². The zero-order chi connectivity index (χ0) is 24.7. The summed E-state index contributed by atoms with van der Waals surface area (Å²) >= 11 is 0. The number of benzene rings is 2. The van der Waals surface area contributed by atoms with Crippen molar-refractivity contribution in [2.24, 2.45) is 5.92 Å². The average molecular weight is 476 g/mol. The van der Waals surface area contributed by atoms with Crippen molar-refractivity contribution in [2.75, 3.05) is 19.8 Å². The molecule has 0 aromatic heterocycles. The quantitative estimate of drug-likeness (QED) is 0.446. The molecule has 0 amide bonds. The first-order valence-electron chi connectivity index (χ1n) is 11.9. The van der Waals surface area contributed by atoms with E-state index >= 15 is 0 Å². The summed E-state index contributed by atoms with van der Waals surface area (Å²) in [6, 6.07) is 10.9. The van der Waals surface area contributed by atoms with Crippen molar-refractivity contribution in [3.63, 3.8) is 0 Å². The van der Waals surface area contributed by atoms with E-state index in [9.17, 15) is 18.7 Å². The Bertz CT molecular complexity index is 954. The van der Waals surface area contributed by atoms with Gasteiger partial charge in [-0.2, -0.15) is 4.39 Å². The van der Waals surface area contributed by atoms with Gasteiger partial charge in [0.2, 0.25) is 5.82 Å². The van der Waals surface area contributed by atoms with E-state index in [0.29, 0.717) is 11.5 Å². The Balaban J connectivity index is 1.50. The third-order valence-corrected chi connectivity index (χ3v) is 6.21. The number of halogens is 2. The number of carbonyl (C=O) groups excluding carboxylic acids is 1. The summed E-state index contributed by atoms with van der Waals surface area (Å²) in [5.41, 5.74) is 2.97. The SMILES string of the molecule is CCOC(=O)CCc1ccc(F)c(F)c1OC[C@H](O)CNC(C)(C)CC1Cc2ccccc2C1. The molecule has 186 valence electrons. The second-order valence-electron chi connectivity index (χ2n) is 9.63. The van der Waals surface area contributed by atoms with Crippen molar-refractivity contribution in [2.45, 2.75) is 64.5 Å². The maximum absolute atomic E-state index is 14.4. The van der Waals surface area contributed by atoms with Gasteiger partial charge < -0.3 is 19.9 Å². The second-order valence-corrected chi connectivity index (χ2v) is 9.63. The van der Waals surface area contributed by atoms with Crippen LogP contribution in [-0.2, 0) is 28.8 Å². The molecule has 5 nitrogen and oxygen atoms in total. The number of nitrogens with one attached hydrogen (secondary N) is 1. The Morgan fingerprint density at radius 2 is 1.85 bits per heavy atom. The number of esters is 1. The topological polar surface area (TPSA) is 67.8 Å². The van der Waals surface area contributed by atoms with Gasteiger partial charge in [-0.15, -0.1) is 0 Å². The molecule has 0 saturated carbocycles. The lowest BCUT2D eigenvalue weighted by Gasteiger charge is -2.30. The van der Waals surface area contributed by atoms with Crippen LogP contribution < -0.4 is 10.1 Å². The number of aryl methyl sites for hydroxylation is 1. The summed E-state index contributed by atoms with van der Waals surface area (Å²) in [7, 11) is 0. The van der Waals surface area contributed by atoms with Crippen molar-refractivity contribution >= 4 is 5.97 Å². The van der Waals surface area contributed by atoms with E-state index in [4.69, 9.17) is 9.47 Å². The largest absolute Gasteiger partial charge is 0.487 e.